The number of hydrogen-bond donors (Lipinski definition) is 5. The largest absolute Gasteiger partial charge is 0.508 e. The van der Waals surface area contributed by atoms with Crippen LogP contribution >= 0.6 is 23.2 Å². The van der Waals surface area contributed by atoms with E-state index in [-0.39, 0.29) is 24.3 Å². The van der Waals surface area contributed by atoms with Crippen LogP contribution in [0.25, 0.3) is 0 Å². The molecule has 5 N–H and O–H groups in total. The molecule has 0 heterocycles. The third-order valence-electron chi connectivity index (χ3n) is 5.49. The molecule has 6 nitrogen and oxygen atoms in total. The second kappa shape index (κ2) is 12.2. The van der Waals surface area contributed by atoms with E-state index in [1.807, 2.05) is 31.2 Å². The minimum absolute atomic E-state index is 0.000611. The van der Waals surface area contributed by atoms with Crippen molar-refractivity contribution in [2.24, 2.45) is 0 Å². The lowest BCUT2D eigenvalue weighted by Crippen LogP contribution is -2.32. The predicted octanol–water partition coefficient (Wildman–Crippen LogP) is 4.38. The highest BCUT2D eigenvalue weighted by Crippen LogP contribution is 2.23. The molecule has 0 aromatic heterocycles. The SMILES string of the molecule is C[C@H](Cc1cccc(C(=O)NCc2ccc(Cl)c(Cl)c2)c1)NC[C@H](O)c1ccc(O)c(CO)c1. The third-order valence-corrected chi connectivity index (χ3v) is 6.23. The zero-order chi connectivity index (χ0) is 24.7. The summed E-state index contributed by atoms with van der Waals surface area (Å²) < 4.78 is 0. The third kappa shape index (κ3) is 7.19. The summed E-state index contributed by atoms with van der Waals surface area (Å²) in [6, 6.07) is 17.4. The van der Waals surface area contributed by atoms with Gasteiger partial charge in [-0.2, -0.15) is 0 Å². The predicted molar refractivity (Wildman–Crippen MR) is 134 cm³/mol. The molecule has 0 unspecified atom stereocenters. The van der Waals surface area contributed by atoms with Crippen LogP contribution in [0.5, 0.6) is 5.75 Å². The Hall–Kier alpha value is -2.61. The van der Waals surface area contributed by atoms with Crippen molar-refractivity contribution in [3.05, 3.63) is 98.5 Å². The number of phenols is 1. The Morgan fingerprint density at radius 1 is 1.00 bits per heavy atom. The maximum atomic E-state index is 12.6. The van der Waals surface area contributed by atoms with Gasteiger partial charge in [-0.25, -0.2) is 0 Å². The molecule has 0 saturated carbocycles. The van der Waals surface area contributed by atoms with E-state index in [4.69, 9.17) is 23.2 Å². The number of halogens is 2. The van der Waals surface area contributed by atoms with Gasteiger partial charge in [-0.1, -0.05) is 47.5 Å². The molecule has 0 spiro atoms. The van der Waals surface area contributed by atoms with E-state index in [0.29, 0.717) is 46.2 Å². The quantitative estimate of drug-likeness (QED) is 0.283. The van der Waals surface area contributed by atoms with Crippen molar-refractivity contribution >= 4 is 29.1 Å². The summed E-state index contributed by atoms with van der Waals surface area (Å²) in [5.41, 5.74) is 3.39. The van der Waals surface area contributed by atoms with Crippen LogP contribution in [-0.4, -0.2) is 33.8 Å². The molecule has 0 bridgehead atoms. The minimum Gasteiger partial charge on any atom is -0.508 e. The van der Waals surface area contributed by atoms with Crippen molar-refractivity contribution in [1.29, 1.82) is 0 Å². The average molecular weight is 503 g/mol. The van der Waals surface area contributed by atoms with Gasteiger partial charge in [-0.3, -0.25) is 4.79 Å². The first-order valence-electron chi connectivity index (χ1n) is 10.9. The molecule has 0 aliphatic carbocycles. The molecule has 0 aliphatic rings. The van der Waals surface area contributed by atoms with E-state index < -0.39 is 6.10 Å². The fraction of sp³-hybridized carbons (Fsp3) is 0.269. The molecule has 8 heteroatoms. The van der Waals surface area contributed by atoms with Gasteiger partial charge in [0.05, 0.1) is 22.8 Å². The van der Waals surface area contributed by atoms with E-state index in [2.05, 4.69) is 10.6 Å². The summed E-state index contributed by atoms with van der Waals surface area (Å²) in [5.74, 6) is -0.184. The maximum Gasteiger partial charge on any atom is 0.251 e. The molecule has 0 aliphatic heterocycles. The van der Waals surface area contributed by atoms with Crippen LogP contribution < -0.4 is 10.6 Å². The van der Waals surface area contributed by atoms with Crippen molar-refractivity contribution < 1.29 is 20.1 Å². The van der Waals surface area contributed by atoms with Gasteiger partial charge in [0.15, 0.2) is 0 Å². The van der Waals surface area contributed by atoms with Gasteiger partial charge in [-0.05, 0) is 66.4 Å². The lowest BCUT2D eigenvalue weighted by Gasteiger charge is -2.18. The topological polar surface area (TPSA) is 102 Å². The molecule has 34 heavy (non-hydrogen) atoms. The first kappa shape index (κ1) is 26.0. The van der Waals surface area contributed by atoms with Crippen LogP contribution in [0, 0.1) is 0 Å². The van der Waals surface area contributed by atoms with E-state index in [1.54, 1.807) is 30.3 Å². The van der Waals surface area contributed by atoms with Gasteiger partial charge in [0.25, 0.3) is 5.91 Å². The Bertz CT molecular complexity index is 1140. The van der Waals surface area contributed by atoms with Crippen LogP contribution in [0.2, 0.25) is 10.0 Å². The number of hydrogen-bond acceptors (Lipinski definition) is 5. The number of rotatable bonds is 10. The zero-order valence-corrected chi connectivity index (χ0v) is 20.3. The summed E-state index contributed by atoms with van der Waals surface area (Å²) in [5, 5.41) is 36.5. The van der Waals surface area contributed by atoms with Crippen molar-refractivity contribution in [3.8, 4) is 5.75 Å². The van der Waals surface area contributed by atoms with Crippen LogP contribution in [0.4, 0.5) is 0 Å². The van der Waals surface area contributed by atoms with Crippen LogP contribution in [-0.2, 0) is 19.6 Å². The number of amides is 1. The second-order valence-electron chi connectivity index (χ2n) is 8.21. The zero-order valence-electron chi connectivity index (χ0n) is 18.8. The number of aromatic hydroxyl groups is 1. The summed E-state index contributed by atoms with van der Waals surface area (Å²) >= 11 is 12.0. The molecule has 0 saturated heterocycles. The number of aliphatic hydroxyl groups excluding tert-OH is 2. The van der Waals surface area contributed by atoms with Gasteiger partial charge in [-0.15, -0.1) is 0 Å². The van der Waals surface area contributed by atoms with Crippen molar-refractivity contribution in [3.63, 3.8) is 0 Å². The first-order chi connectivity index (χ1) is 16.3. The fourth-order valence-electron chi connectivity index (χ4n) is 3.57. The molecule has 3 aromatic carbocycles. The normalized spacial score (nSPS) is 12.9. The molecule has 180 valence electrons. The van der Waals surface area contributed by atoms with Gasteiger partial charge >= 0.3 is 0 Å². The second-order valence-corrected chi connectivity index (χ2v) is 9.02. The van der Waals surface area contributed by atoms with E-state index in [9.17, 15) is 20.1 Å². The molecule has 1 amide bonds. The molecule has 0 radical (unpaired) electrons. The minimum atomic E-state index is -0.785. The number of nitrogens with one attached hydrogen (secondary N) is 2. The fourth-order valence-corrected chi connectivity index (χ4v) is 3.89. The molecular formula is C26H28Cl2N2O4. The Labute approximate surface area is 209 Å². The summed E-state index contributed by atoms with van der Waals surface area (Å²) in [6.45, 7) is 2.35. The van der Waals surface area contributed by atoms with Crippen LogP contribution in [0.3, 0.4) is 0 Å². The molecule has 2 atom stereocenters. The first-order valence-corrected chi connectivity index (χ1v) is 11.7. The van der Waals surface area contributed by atoms with Gasteiger partial charge in [0.1, 0.15) is 5.75 Å². The Morgan fingerprint density at radius 2 is 1.79 bits per heavy atom. The van der Waals surface area contributed by atoms with Crippen molar-refractivity contribution in [2.75, 3.05) is 6.54 Å². The number of aliphatic hydroxyl groups is 2. The molecule has 3 rings (SSSR count). The van der Waals surface area contributed by atoms with Crippen LogP contribution in [0.1, 0.15) is 45.6 Å². The van der Waals surface area contributed by atoms with Crippen LogP contribution in [0.15, 0.2) is 60.7 Å². The van der Waals surface area contributed by atoms with E-state index >= 15 is 0 Å². The molecular weight excluding hydrogens is 475 g/mol. The summed E-state index contributed by atoms with van der Waals surface area (Å²) in [6.07, 6.45) is -0.121. The highest BCUT2D eigenvalue weighted by atomic mass is 35.5. The Balaban J connectivity index is 1.52. The average Bonchev–Trinajstić information content (AvgIpc) is 2.83. The van der Waals surface area contributed by atoms with Gasteiger partial charge < -0.3 is 26.0 Å². The Kier molecular flexibility index (Phi) is 9.33. The monoisotopic (exact) mass is 502 g/mol. The van der Waals surface area contributed by atoms with E-state index in [0.717, 1.165) is 11.1 Å². The highest BCUT2D eigenvalue weighted by Gasteiger charge is 2.13. The van der Waals surface area contributed by atoms with Gasteiger partial charge in [0.2, 0.25) is 0 Å². The van der Waals surface area contributed by atoms with Crippen molar-refractivity contribution in [2.45, 2.75) is 38.6 Å². The summed E-state index contributed by atoms with van der Waals surface area (Å²) in [7, 11) is 0. The Morgan fingerprint density at radius 3 is 2.53 bits per heavy atom. The molecule has 0 fully saturated rings. The number of carbonyl (C=O) groups excluding carboxylic acids is 1. The summed E-state index contributed by atoms with van der Waals surface area (Å²) in [4.78, 5) is 12.6. The number of carbonyl (C=O) groups is 1. The smallest absolute Gasteiger partial charge is 0.251 e. The number of benzene rings is 3. The lowest BCUT2D eigenvalue weighted by molar-refractivity contribution is 0.0950. The highest BCUT2D eigenvalue weighted by molar-refractivity contribution is 6.42. The van der Waals surface area contributed by atoms with Crippen molar-refractivity contribution in [1.82, 2.24) is 10.6 Å². The standard InChI is InChI=1S/C26H28Cl2N2O4/c1-16(29-14-25(33)19-6-8-24(32)21(12-19)15-31)9-17-3-2-4-20(10-17)26(34)30-13-18-5-7-22(27)23(28)11-18/h2-8,10-12,16,25,29,31-33H,9,13-15H2,1H3,(H,30,34)/t16-,25+/m1/s1. The maximum absolute atomic E-state index is 12.6. The lowest BCUT2D eigenvalue weighted by atomic mass is 10.0. The molecule has 3 aromatic rings. The van der Waals surface area contributed by atoms with Gasteiger partial charge in [0, 0.05) is 30.3 Å². The van der Waals surface area contributed by atoms with E-state index in [1.165, 1.54) is 6.07 Å².